The second-order valence-corrected chi connectivity index (χ2v) is 8.10. The fourth-order valence-corrected chi connectivity index (χ4v) is 4.47. The first kappa shape index (κ1) is 20.1. The van der Waals surface area contributed by atoms with E-state index in [0.717, 1.165) is 35.7 Å². The number of urea groups is 1. The fourth-order valence-electron chi connectivity index (χ4n) is 4.47. The first-order valence-corrected chi connectivity index (χ1v) is 10.5. The highest BCUT2D eigenvalue weighted by Crippen LogP contribution is 2.40. The lowest BCUT2D eigenvalue weighted by molar-refractivity contribution is 0.102. The quantitative estimate of drug-likeness (QED) is 0.757. The van der Waals surface area contributed by atoms with Crippen molar-refractivity contribution in [3.8, 4) is 11.8 Å². The van der Waals surface area contributed by atoms with E-state index in [1.54, 1.807) is 11.8 Å². The van der Waals surface area contributed by atoms with Crippen molar-refractivity contribution in [2.45, 2.75) is 26.2 Å². The number of ether oxygens (including phenoxy) is 1. The topological polar surface area (TPSA) is 61.9 Å². The number of anilines is 1. The van der Waals surface area contributed by atoms with E-state index in [4.69, 9.17) is 4.74 Å². The molecule has 0 bridgehead atoms. The van der Waals surface area contributed by atoms with Crippen molar-refractivity contribution >= 4 is 28.6 Å². The number of carbonyl (C=O) groups excluding carboxylic acids is 2. The van der Waals surface area contributed by atoms with Gasteiger partial charge in [-0.2, -0.15) is 0 Å². The maximum atomic E-state index is 12.9. The summed E-state index contributed by atoms with van der Waals surface area (Å²) in [7, 11) is 0. The zero-order chi connectivity index (χ0) is 21.0. The molecule has 1 N–H and O–H groups in total. The molecule has 0 radical (unpaired) electrons. The lowest BCUT2D eigenvalue weighted by Crippen LogP contribution is -2.46. The number of nitrogens with one attached hydrogen (secondary N) is 1. The van der Waals surface area contributed by atoms with Gasteiger partial charge in [0.25, 0.3) is 0 Å². The van der Waals surface area contributed by atoms with Crippen LogP contribution in [0.4, 0.5) is 15.3 Å². The minimum absolute atomic E-state index is 0.0615. The van der Waals surface area contributed by atoms with E-state index in [-0.39, 0.29) is 24.1 Å². The molecule has 4 rings (SSSR count). The summed E-state index contributed by atoms with van der Waals surface area (Å²) in [5, 5.41) is 5.23. The summed E-state index contributed by atoms with van der Waals surface area (Å²) in [6.45, 7) is 4.66. The van der Waals surface area contributed by atoms with Gasteiger partial charge in [0.15, 0.2) is 6.61 Å². The van der Waals surface area contributed by atoms with Crippen LogP contribution in [0.1, 0.15) is 26.2 Å². The van der Waals surface area contributed by atoms with Gasteiger partial charge in [-0.25, -0.2) is 9.59 Å². The minimum Gasteiger partial charge on any atom is -0.436 e. The first-order chi connectivity index (χ1) is 14.6. The van der Waals surface area contributed by atoms with Crippen molar-refractivity contribution in [3.63, 3.8) is 0 Å². The third-order valence-corrected chi connectivity index (χ3v) is 6.28. The number of hydrogen-bond donors (Lipinski definition) is 1. The molecule has 2 aliphatic heterocycles. The van der Waals surface area contributed by atoms with Gasteiger partial charge in [-0.3, -0.25) is 0 Å². The lowest BCUT2D eigenvalue weighted by atomic mass is 9.78. The van der Waals surface area contributed by atoms with Crippen molar-refractivity contribution in [3.05, 3.63) is 42.5 Å². The number of nitrogens with zero attached hydrogens (tertiary/aromatic N) is 2. The van der Waals surface area contributed by atoms with Gasteiger partial charge >= 0.3 is 12.1 Å². The number of piperidine rings is 1. The Labute approximate surface area is 177 Å². The largest absolute Gasteiger partial charge is 0.436 e. The minimum atomic E-state index is -0.286. The van der Waals surface area contributed by atoms with Crippen LogP contribution in [0.25, 0.3) is 10.8 Å². The van der Waals surface area contributed by atoms with E-state index < -0.39 is 0 Å². The van der Waals surface area contributed by atoms with Gasteiger partial charge in [0, 0.05) is 31.6 Å². The van der Waals surface area contributed by atoms with Crippen LogP contribution in [0.3, 0.4) is 0 Å². The Morgan fingerprint density at radius 3 is 2.50 bits per heavy atom. The zero-order valence-electron chi connectivity index (χ0n) is 17.3. The molecular weight excluding hydrogens is 378 g/mol. The summed E-state index contributed by atoms with van der Waals surface area (Å²) in [4.78, 5) is 28.7. The number of rotatable bonds is 2. The number of fused-ring (bicyclic) bond motifs is 1. The molecule has 6 heteroatoms. The normalized spacial score (nSPS) is 17.5. The smallest absolute Gasteiger partial charge is 0.410 e. The Morgan fingerprint density at radius 1 is 1.03 bits per heavy atom. The van der Waals surface area contributed by atoms with Gasteiger partial charge in [0.05, 0.1) is 5.69 Å². The summed E-state index contributed by atoms with van der Waals surface area (Å²) < 4.78 is 5.20. The van der Waals surface area contributed by atoms with Crippen LogP contribution in [-0.4, -0.2) is 54.7 Å². The number of hydrogen-bond acceptors (Lipinski definition) is 3. The molecular formula is C24H27N3O3. The molecule has 0 atom stereocenters. The van der Waals surface area contributed by atoms with E-state index in [2.05, 4.69) is 17.2 Å². The number of amides is 3. The Balaban J connectivity index is 1.32. The molecule has 2 aromatic rings. The predicted molar refractivity (Wildman–Crippen MR) is 117 cm³/mol. The molecule has 2 heterocycles. The third kappa shape index (κ3) is 4.20. The maximum Gasteiger partial charge on any atom is 0.410 e. The van der Waals surface area contributed by atoms with E-state index >= 15 is 0 Å². The molecule has 0 unspecified atom stereocenters. The molecule has 2 saturated heterocycles. The van der Waals surface area contributed by atoms with E-state index in [9.17, 15) is 9.59 Å². The third-order valence-electron chi connectivity index (χ3n) is 6.28. The van der Waals surface area contributed by atoms with Crippen LogP contribution in [0.2, 0.25) is 0 Å². The van der Waals surface area contributed by atoms with Gasteiger partial charge in [-0.05, 0) is 43.1 Å². The van der Waals surface area contributed by atoms with Crippen LogP contribution < -0.4 is 5.32 Å². The van der Waals surface area contributed by atoms with Crippen LogP contribution in [0.15, 0.2) is 42.5 Å². The van der Waals surface area contributed by atoms with Crippen LogP contribution in [-0.2, 0) is 4.74 Å². The van der Waals surface area contributed by atoms with E-state index in [1.807, 2.05) is 47.4 Å². The summed E-state index contributed by atoms with van der Waals surface area (Å²) >= 11 is 0. The molecule has 1 spiro atoms. The Hall–Kier alpha value is -3.20. The molecule has 6 nitrogen and oxygen atoms in total. The highest BCUT2D eigenvalue weighted by molar-refractivity contribution is 6.01. The van der Waals surface area contributed by atoms with E-state index in [1.165, 1.54) is 0 Å². The molecule has 2 fully saturated rings. The first-order valence-electron chi connectivity index (χ1n) is 10.5. The lowest BCUT2D eigenvalue weighted by Gasteiger charge is -2.39. The molecule has 2 aromatic carbocycles. The second-order valence-electron chi connectivity index (χ2n) is 8.10. The average molecular weight is 405 g/mol. The van der Waals surface area contributed by atoms with Crippen LogP contribution in [0, 0.1) is 17.3 Å². The Morgan fingerprint density at radius 2 is 1.73 bits per heavy atom. The van der Waals surface area contributed by atoms with Gasteiger partial charge in [-0.1, -0.05) is 42.3 Å². The summed E-state index contributed by atoms with van der Waals surface area (Å²) in [6, 6.07) is 13.9. The standard InChI is InChI=1S/C24H27N3O3/c1-2-3-17-30-23(29)27-16-13-24(18-27)11-14-26(15-12-24)22(28)25-21-10-6-8-19-7-4-5-9-20(19)21/h4-10H,11-18H2,1H3,(H,25,28). The molecule has 0 aromatic heterocycles. The maximum absolute atomic E-state index is 12.9. The van der Waals surface area contributed by atoms with Gasteiger partial charge in [-0.15, -0.1) is 5.92 Å². The Kier molecular flexibility index (Phi) is 5.80. The van der Waals surface area contributed by atoms with Crippen molar-refractivity contribution in [2.24, 2.45) is 5.41 Å². The number of carbonyl (C=O) groups is 2. The molecule has 2 aliphatic rings. The molecule has 30 heavy (non-hydrogen) atoms. The summed E-state index contributed by atoms with van der Waals surface area (Å²) in [5.41, 5.74) is 0.925. The van der Waals surface area contributed by atoms with Crippen molar-refractivity contribution < 1.29 is 14.3 Å². The van der Waals surface area contributed by atoms with Crippen molar-refractivity contribution in [1.82, 2.24) is 9.80 Å². The fraction of sp³-hybridized carbons (Fsp3) is 0.417. The summed E-state index contributed by atoms with van der Waals surface area (Å²) in [6.07, 6.45) is 2.47. The molecule has 0 saturated carbocycles. The summed E-state index contributed by atoms with van der Waals surface area (Å²) in [5.74, 6) is 5.48. The molecule has 0 aliphatic carbocycles. The van der Waals surface area contributed by atoms with E-state index in [0.29, 0.717) is 26.2 Å². The molecule has 3 amide bonds. The number of likely N-dealkylation sites (tertiary alicyclic amines) is 2. The van der Waals surface area contributed by atoms with Crippen LogP contribution >= 0.6 is 0 Å². The number of benzene rings is 2. The van der Waals surface area contributed by atoms with Crippen molar-refractivity contribution in [1.29, 1.82) is 0 Å². The average Bonchev–Trinajstić information content (AvgIpc) is 3.18. The zero-order valence-corrected chi connectivity index (χ0v) is 17.3. The SMILES string of the molecule is CC#CCOC(=O)N1CCC2(CCN(C(=O)Nc3cccc4ccccc34)CC2)C1. The van der Waals surface area contributed by atoms with Gasteiger partial charge < -0.3 is 19.9 Å². The molecule has 156 valence electrons. The second kappa shape index (κ2) is 8.66. The van der Waals surface area contributed by atoms with Crippen molar-refractivity contribution in [2.75, 3.05) is 38.1 Å². The van der Waals surface area contributed by atoms with Gasteiger partial charge in [0.2, 0.25) is 0 Å². The monoisotopic (exact) mass is 405 g/mol. The highest BCUT2D eigenvalue weighted by Gasteiger charge is 2.43. The van der Waals surface area contributed by atoms with Gasteiger partial charge in [0.1, 0.15) is 0 Å². The predicted octanol–water partition coefficient (Wildman–Crippen LogP) is 4.32. The Bertz CT molecular complexity index is 994. The highest BCUT2D eigenvalue weighted by atomic mass is 16.6. The van der Waals surface area contributed by atoms with Crippen LogP contribution in [0.5, 0.6) is 0 Å².